The van der Waals surface area contributed by atoms with E-state index in [0.717, 1.165) is 7.52 Å². The highest BCUT2D eigenvalue weighted by atomic mass is 127. The van der Waals surface area contributed by atoms with Gasteiger partial charge in [0.15, 0.2) is 0 Å². The molecule has 0 spiro atoms. The van der Waals surface area contributed by atoms with Gasteiger partial charge < -0.3 is 0 Å². The Morgan fingerprint density at radius 3 is 2.00 bits per heavy atom. The summed E-state index contributed by atoms with van der Waals surface area (Å²) < 4.78 is 0.974. The minimum Gasteiger partial charge on any atom is -0.0877 e. The maximum Gasteiger partial charge on any atom is 0.0701 e. The summed E-state index contributed by atoms with van der Waals surface area (Å²) in [5.74, 6) is 0. The number of hydrogen-bond donors (Lipinski definition) is 0. The van der Waals surface area contributed by atoms with Crippen LogP contribution in [0.4, 0.5) is 0 Å². The van der Waals surface area contributed by atoms with Crippen molar-refractivity contribution in [3.63, 3.8) is 0 Å². The van der Waals surface area contributed by atoms with Crippen LogP contribution in [-0.4, -0.2) is 0 Å². The van der Waals surface area contributed by atoms with E-state index >= 15 is 0 Å². The standard InChI is InChI=1S/C3H3BrClI/c1-2(5)3(4)6/h1H3/b3-2-. The summed E-state index contributed by atoms with van der Waals surface area (Å²) in [6.45, 7) is 1.83. The van der Waals surface area contributed by atoms with E-state index in [1.54, 1.807) is 0 Å². The van der Waals surface area contributed by atoms with Crippen molar-refractivity contribution in [2.75, 3.05) is 0 Å². The van der Waals surface area contributed by atoms with Crippen molar-refractivity contribution in [3.05, 3.63) is 7.52 Å². The van der Waals surface area contributed by atoms with Gasteiger partial charge in [0.25, 0.3) is 0 Å². The molecule has 3 heteroatoms. The normalized spacial score (nSPS) is 14.0. The van der Waals surface area contributed by atoms with Crippen molar-refractivity contribution in [2.24, 2.45) is 0 Å². The van der Waals surface area contributed by atoms with E-state index < -0.39 is 0 Å². The van der Waals surface area contributed by atoms with Crippen LogP contribution >= 0.6 is 50.1 Å². The monoisotopic (exact) mass is 280 g/mol. The Balaban J connectivity index is 3.68. The summed E-state index contributed by atoms with van der Waals surface area (Å²) in [5.41, 5.74) is 0. The molecule has 0 aliphatic carbocycles. The number of allylic oxidation sites excluding steroid dienone is 1. The van der Waals surface area contributed by atoms with Crippen LogP contribution in [0.5, 0.6) is 0 Å². The van der Waals surface area contributed by atoms with E-state index in [1.807, 2.05) is 6.92 Å². The maximum absolute atomic E-state index is 5.44. The minimum atomic E-state index is 0.801. The third-order valence-corrected chi connectivity index (χ3v) is 2.40. The van der Waals surface area contributed by atoms with E-state index in [0.29, 0.717) is 0 Å². The fourth-order valence-corrected chi connectivity index (χ4v) is 0. The van der Waals surface area contributed by atoms with Crippen molar-refractivity contribution < 1.29 is 0 Å². The predicted molar refractivity (Wildman–Crippen MR) is 41.5 cm³/mol. The number of hydrogen-bond acceptors (Lipinski definition) is 0. The summed E-state index contributed by atoms with van der Waals surface area (Å²) in [6, 6.07) is 0. The van der Waals surface area contributed by atoms with E-state index in [2.05, 4.69) is 38.5 Å². The fourth-order valence-electron chi connectivity index (χ4n) is 0. The van der Waals surface area contributed by atoms with Gasteiger partial charge in [0, 0.05) is 5.03 Å². The van der Waals surface area contributed by atoms with Crippen molar-refractivity contribution in [3.8, 4) is 0 Å². The van der Waals surface area contributed by atoms with Crippen LogP contribution < -0.4 is 0 Å². The van der Waals surface area contributed by atoms with Crippen LogP contribution in [0.3, 0.4) is 0 Å². The third kappa shape index (κ3) is 3.43. The highest BCUT2D eigenvalue weighted by molar-refractivity contribution is 14.1. The van der Waals surface area contributed by atoms with E-state index in [9.17, 15) is 0 Å². The average Bonchev–Trinajstić information content (AvgIpc) is 1.36. The van der Waals surface area contributed by atoms with Gasteiger partial charge in [0.2, 0.25) is 0 Å². The van der Waals surface area contributed by atoms with Crippen molar-refractivity contribution in [2.45, 2.75) is 6.92 Å². The molecule has 6 heavy (non-hydrogen) atoms. The molecule has 0 aromatic rings. The zero-order valence-electron chi connectivity index (χ0n) is 3.13. The van der Waals surface area contributed by atoms with Crippen LogP contribution in [0.15, 0.2) is 7.52 Å². The number of rotatable bonds is 0. The first-order valence-corrected chi connectivity index (χ1v) is 3.57. The molecule has 0 aliphatic heterocycles. The maximum atomic E-state index is 5.44. The summed E-state index contributed by atoms with van der Waals surface area (Å²) >= 11 is 10.7. The lowest BCUT2D eigenvalue weighted by atomic mass is 10.8. The quantitative estimate of drug-likeness (QED) is 0.598. The Morgan fingerprint density at radius 2 is 2.00 bits per heavy atom. The fraction of sp³-hybridized carbons (Fsp3) is 0.333. The van der Waals surface area contributed by atoms with Crippen LogP contribution in [-0.2, 0) is 0 Å². The second-order valence-corrected chi connectivity index (χ2v) is 4.72. The van der Waals surface area contributed by atoms with Gasteiger partial charge in [-0.05, 0) is 45.4 Å². The lowest BCUT2D eigenvalue weighted by Crippen LogP contribution is -1.51. The molecule has 0 heterocycles. The molecule has 0 amide bonds. The Morgan fingerprint density at radius 1 is 1.83 bits per heavy atom. The first-order valence-electron chi connectivity index (χ1n) is 1.32. The zero-order valence-corrected chi connectivity index (χ0v) is 7.63. The Hall–Kier alpha value is 1.24. The van der Waals surface area contributed by atoms with Gasteiger partial charge in [0.1, 0.15) is 0 Å². The van der Waals surface area contributed by atoms with Gasteiger partial charge in [-0.25, -0.2) is 0 Å². The van der Waals surface area contributed by atoms with Gasteiger partial charge in [-0.3, -0.25) is 0 Å². The summed E-state index contributed by atoms with van der Waals surface area (Å²) in [6.07, 6.45) is 0. The molecule has 0 fully saturated rings. The molecule has 36 valence electrons. The summed E-state index contributed by atoms with van der Waals surface area (Å²) in [4.78, 5) is 0. The van der Waals surface area contributed by atoms with E-state index in [4.69, 9.17) is 11.6 Å². The lowest BCUT2D eigenvalue weighted by molar-refractivity contribution is 1.71. The third-order valence-electron chi connectivity index (χ3n) is 0.260. The molecule has 0 saturated heterocycles. The molecule has 0 aliphatic rings. The Kier molecular flexibility index (Phi) is 3.94. The van der Waals surface area contributed by atoms with Gasteiger partial charge >= 0.3 is 0 Å². The van der Waals surface area contributed by atoms with Gasteiger partial charge in [-0.2, -0.15) is 0 Å². The molecule has 0 unspecified atom stereocenters. The van der Waals surface area contributed by atoms with E-state index in [1.165, 1.54) is 0 Å². The van der Waals surface area contributed by atoms with Crippen molar-refractivity contribution in [1.82, 2.24) is 0 Å². The molecular weight excluding hydrogens is 278 g/mol. The summed E-state index contributed by atoms with van der Waals surface area (Å²) in [5, 5.41) is 0.801. The van der Waals surface area contributed by atoms with Crippen LogP contribution in [0.25, 0.3) is 0 Å². The first-order chi connectivity index (χ1) is 2.64. The zero-order chi connectivity index (χ0) is 5.15. The molecule has 0 nitrogen and oxygen atoms in total. The average molecular weight is 281 g/mol. The smallest absolute Gasteiger partial charge is 0.0701 e. The highest BCUT2D eigenvalue weighted by Gasteiger charge is 1.83. The van der Waals surface area contributed by atoms with E-state index in [-0.39, 0.29) is 0 Å². The molecule has 0 rings (SSSR count). The Labute approximate surface area is 64.2 Å². The molecule has 0 aromatic heterocycles. The molecule has 0 aromatic carbocycles. The first kappa shape index (κ1) is 7.24. The topological polar surface area (TPSA) is 0 Å². The van der Waals surface area contributed by atoms with Crippen molar-refractivity contribution in [1.29, 1.82) is 0 Å². The van der Waals surface area contributed by atoms with Gasteiger partial charge in [-0.1, -0.05) is 11.6 Å². The molecule has 0 radical (unpaired) electrons. The van der Waals surface area contributed by atoms with Crippen molar-refractivity contribution >= 4 is 50.1 Å². The van der Waals surface area contributed by atoms with Crippen LogP contribution in [0.2, 0.25) is 0 Å². The molecule has 0 atom stereocenters. The predicted octanol–water partition coefficient (Wildman–Crippen LogP) is 3.24. The van der Waals surface area contributed by atoms with Gasteiger partial charge in [0.05, 0.1) is 2.49 Å². The molecule has 0 bridgehead atoms. The van der Waals surface area contributed by atoms with Crippen LogP contribution in [0, 0.1) is 0 Å². The largest absolute Gasteiger partial charge is 0.0877 e. The molecule has 0 N–H and O–H groups in total. The van der Waals surface area contributed by atoms with Crippen LogP contribution in [0.1, 0.15) is 6.92 Å². The Bertz CT molecular complexity index is 60.9. The second-order valence-electron chi connectivity index (χ2n) is 0.794. The minimum absolute atomic E-state index is 0.801. The second kappa shape index (κ2) is 3.27. The molecular formula is C3H3BrClI. The van der Waals surface area contributed by atoms with Gasteiger partial charge in [-0.15, -0.1) is 0 Å². The summed E-state index contributed by atoms with van der Waals surface area (Å²) in [7, 11) is 0. The molecule has 0 saturated carbocycles. The highest BCUT2D eigenvalue weighted by Crippen LogP contribution is 2.21. The SMILES string of the molecule is C/C(Cl)=C(\Br)I. The lowest BCUT2D eigenvalue weighted by Gasteiger charge is -1.80. The number of halogens is 3.